The Morgan fingerprint density at radius 2 is 1.86 bits per heavy atom. The number of nitrogens with one attached hydrogen (secondary N) is 2. The lowest BCUT2D eigenvalue weighted by atomic mass is 10.2. The second-order valence-corrected chi connectivity index (χ2v) is 6.85. The van der Waals surface area contributed by atoms with E-state index >= 15 is 0 Å². The number of nitrogens with zero attached hydrogens (tertiary/aromatic N) is 4. The van der Waals surface area contributed by atoms with Gasteiger partial charge in [-0.2, -0.15) is 0 Å². The number of rotatable bonds is 6. The highest BCUT2D eigenvalue weighted by Crippen LogP contribution is 2.24. The van der Waals surface area contributed by atoms with Crippen LogP contribution < -0.4 is 10.6 Å². The molecule has 138 valence electrons. The molecular formula is C20H16N6OS. The predicted molar refractivity (Wildman–Crippen MR) is 109 cm³/mol. The largest absolute Gasteiger partial charge is 0.356 e. The van der Waals surface area contributed by atoms with Gasteiger partial charge >= 0.3 is 0 Å². The van der Waals surface area contributed by atoms with Gasteiger partial charge in [-0.3, -0.25) is 14.8 Å². The van der Waals surface area contributed by atoms with E-state index in [-0.39, 0.29) is 5.91 Å². The van der Waals surface area contributed by atoms with Gasteiger partial charge in [0.1, 0.15) is 5.69 Å². The Bertz CT molecular complexity index is 1070. The molecule has 0 radical (unpaired) electrons. The van der Waals surface area contributed by atoms with Crippen LogP contribution in [-0.4, -0.2) is 26.1 Å². The summed E-state index contributed by atoms with van der Waals surface area (Å²) in [6, 6.07) is 16.7. The minimum atomic E-state index is -0.170. The van der Waals surface area contributed by atoms with Crippen molar-refractivity contribution in [2.45, 2.75) is 6.54 Å². The first-order valence-electron chi connectivity index (χ1n) is 8.57. The molecule has 4 aromatic rings. The fourth-order valence-electron chi connectivity index (χ4n) is 2.53. The molecule has 0 unspecified atom stereocenters. The lowest BCUT2D eigenvalue weighted by Crippen LogP contribution is -2.12. The zero-order valence-corrected chi connectivity index (χ0v) is 15.6. The number of carbonyl (C=O) groups excluding carboxylic acids is 1. The van der Waals surface area contributed by atoms with Crippen molar-refractivity contribution < 1.29 is 4.79 Å². The van der Waals surface area contributed by atoms with Crippen molar-refractivity contribution in [1.29, 1.82) is 0 Å². The molecule has 8 heteroatoms. The van der Waals surface area contributed by atoms with Gasteiger partial charge in [-0.25, -0.2) is 0 Å². The molecule has 4 rings (SSSR count). The average molecular weight is 388 g/mol. The Morgan fingerprint density at radius 3 is 2.68 bits per heavy atom. The first-order chi connectivity index (χ1) is 13.8. The maximum Gasteiger partial charge on any atom is 0.255 e. The van der Waals surface area contributed by atoms with Crippen molar-refractivity contribution in [3.8, 4) is 10.7 Å². The lowest BCUT2D eigenvalue weighted by Gasteiger charge is -2.08. The highest BCUT2D eigenvalue weighted by atomic mass is 32.1. The topological polar surface area (TPSA) is 92.7 Å². The molecule has 0 aliphatic carbocycles. The monoisotopic (exact) mass is 388 g/mol. The quantitative estimate of drug-likeness (QED) is 0.521. The van der Waals surface area contributed by atoms with Crippen LogP contribution in [0.3, 0.4) is 0 Å². The number of amides is 1. The number of carbonyl (C=O) groups is 1. The predicted octanol–water partition coefficient (Wildman–Crippen LogP) is 3.86. The summed E-state index contributed by atoms with van der Waals surface area (Å²) >= 11 is 1.45. The van der Waals surface area contributed by atoms with E-state index < -0.39 is 0 Å². The van der Waals surface area contributed by atoms with Gasteiger partial charge in [-0.1, -0.05) is 29.5 Å². The van der Waals surface area contributed by atoms with E-state index in [1.807, 2.05) is 42.5 Å². The number of hydrogen-bond donors (Lipinski definition) is 2. The van der Waals surface area contributed by atoms with E-state index in [1.165, 1.54) is 11.3 Å². The average Bonchev–Trinajstić information content (AvgIpc) is 3.23. The van der Waals surface area contributed by atoms with Crippen LogP contribution in [0.15, 0.2) is 73.2 Å². The Morgan fingerprint density at radius 1 is 0.964 bits per heavy atom. The molecule has 2 N–H and O–H groups in total. The summed E-state index contributed by atoms with van der Waals surface area (Å²) in [5.74, 6) is -0.170. The number of anilines is 2. The molecule has 7 nitrogen and oxygen atoms in total. The molecule has 0 aliphatic heterocycles. The molecular weight excluding hydrogens is 372 g/mol. The van der Waals surface area contributed by atoms with Crippen LogP contribution in [-0.2, 0) is 6.54 Å². The summed E-state index contributed by atoms with van der Waals surface area (Å²) in [5.41, 5.74) is 3.11. The maximum absolute atomic E-state index is 12.3. The molecule has 3 heterocycles. The van der Waals surface area contributed by atoms with Crippen molar-refractivity contribution in [3.63, 3.8) is 0 Å². The molecule has 28 heavy (non-hydrogen) atoms. The summed E-state index contributed by atoms with van der Waals surface area (Å²) in [4.78, 5) is 20.5. The van der Waals surface area contributed by atoms with E-state index in [4.69, 9.17) is 0 Å². The Labute approximate surface area is 165 Å². The number of aromatic nitrogens is 4. The van der Waals surface area contributed by atoms with Gasteiger partial charge in [0.15, 0.2) is 5.01 Å². The van der Waals surface area contributed by atoms with Gasteiger partial charge < -0.3 is 10.6 Å². The molecule has 0 atom stereocenters. The summed E-state index contributed by atoms with van der Waals surface area (Å²) in [7, 11) is 0. The van der Waals surface area contributed by atoms with Gasteiger partial charge in [-0.15, -0.1) is 10.2 Å². The van der Waals surface area contributed by atoms with Crippen LogP contribution in [0.4, 0.5) is 10.8 Å². The highest BCUT2D eigenvalue weighted by Gasteiger charge is 2.08. The maximum atomic E-state index is 12.3. The second kappa shape index (κ2) is 8.36. The van der Waals surface area contributed by atoms with Gasteiger partial charge in [0.05, 0.1) is 0 Å². The zero-order valence-electron chi connectivity index (χ0n) is 14.7. The molecule has 0 spiro atoms. The fraction of sp³-hybridized carbons (Fsp3) is 0.0500. The highest BCUT2D eigenvalue weighted by molar-refractivity contribution is 7.18. The second-order valence-electron chi connectivity index (χ2n) is 5.87. The van der Waals surface area contributed by atoms with Crippen LogP contribution in [0.5, 0.6) is 0 Å². The third-order valence-corrected chi connectivity index (χ3v) is 4.78. The van der Waals surface area contributed by atoms with Crippen molar-refractivity contribution in [1.82, 2.24) is 20.2 Å². The first-order valence-corrected chi connectivity index (χ1v) is 9.39. The summed E-state index contributed by atoms with van der Waals surface area (Å²) in [6.45, 7) is 0.565. The first kappa shape index (κ1) is 17.7. The standard InChI is InChI=1S/C20H16N6OS/c27-18(15-7-10-21-11-8-15)24-16-5-3-4-14(12-16)13-23-20-26-25-19(28-20)17-6-1-2-9-22-17/h1-12H,13H2,(H,23,26)(H,24,27). The van der Waals surface area contributed by atoms with E-state index in [2.05, 4.69) is 30.8 Å². The number of hydrogen-bond acceptors (Lipinski definition) is 7. The molecule has 0 bridgehead atoms. The SMILES string of the molecule is O=C(Nc1cccc(CNc2nnc(-c3ccccn3)s2)c1)c1ccncc1. The van der Waals surface area contributed by atoms with Crippen LogP contribution in [0, 0.1) is 0 Å². The van der Waals surface area contributed by atoms with Crippen LogP contribution in [0.25, 0.3) is 10.7 Å². The van der Waals surface area contributed by atoms with Crippen LogP contribution >= 0.6 is 11.3 Å². The molecule has 0 saturated heterocycles. The van der Waals surface area contributed by atoms with E-state index in [0.29, 0.717) is 17.2 Å². The minimum Gasteiger partial charge on any atom is -0.356 e. The molecule has 3 aromatic heterocycles. The summed E-state index contributed by atoms with van der Waals surface area (Å²) in [6.07, 6.45) is 4.92. The molecule has 1 amide bonds. The summed E-state index contributed by atoms with van der Waals surface area (Å²) in [5, 5.41) is 16.0. The van der Waals surface area contributed by atoms with E-state index in [0.717, 1.165) is 22.0 Å². The van der Waals surface area contributed by atoms with Crippen molar-refractivity contribution in [2.75, 3.05) is 10.6 Å². The van der Waals surface area contributed by atoms with Crippen molar-refractivity contribution >= 4 is 28.1 Å². The molecule has 1 aromatic carbocycles. The lowest BCUT2D eigenvalue weighted by molar-refractivity contribution is 0.102. The zero-order chi connectivity index (χ0) is 19.2. The summed E-state index contributed by atoms with van der Waals surface area (Å²) < 4.78 is 0. The normalized spacial score (nSPS) is 10.4. The van der Waals surface area contributed by atoms with Gasteiger partial charge in [0.2, 0.25) is 5.13 Å². The fourth-order valence-corrected chi connectivity index (χ4v) is 3.25. The van der Waals surface area contributed by atoms with Crippen LogP contribution in [0.2, 0.25) is 0 Å². The third kappa shape index (κ3) is 4.36. The minimum absolute atomic E-state index is 0.170. The Hall–Kier alpha value is -3.65. The van der Waals surface area contributed by atoms with Crippen LogP contribution in [0.1, 0.15) is 15.9 Å². The van der Waals surface area contributed by atoms with Gasteiger partial charge in [0.25, 0.3) is 5.91 Å². The molecule has 0 fully saturated rings. The van der Waals surface area contributed by atoms with Crippen molar-refractivity contribution in [3.05, 3.63) is 84.3 Å². The Balaban J connectivity index is 1.39. The van der Waals surface area contributed by atoms with E-state index in [1.54, 1.807) is 30.7 Å². The van der Waals surface area contributed by atoms with E-state index in [9.17, 15) is 4.79 Å². The molecule has 0 saturated carbocycles. The number of benzene rings is 1. The van der Waals surface area contributed by atoms with Gasteiger partial charge in [0, 0.05) is 36.4 Å². The van der Waals surface area contributed by atoms with Crippen molar-refractivity contribution in [2.24, 2.45) is 0 Å². The van der Waals surface area contributed by atoms with Gasteiger partial charge in [-0.05, 0) is 42.0 Å². The third-order valence-electron chi connectivity index (χ3n) is 3.88. The molecule has 0 aliphatic rings. The number of pyridine rings is 2. The Kier molecular flexibility index (Phi) is 5.30. The smallest absolute Gasteiger partial charge is 0.255 e.